The summed E-state index contributed by atoms with van der Waals surface area (Å²) in [7, 11) is 0. The third kappa shape index (κ3) is 5.34. The largest absolute Gasteiger partial charge is 0.313 e. The Morgan fingerprint density at radius 1 is 1.10 bits per heavy atom. The van der Waals surface area contributed by atoms with Crippen LogP contribution >= 0.6 is 11.8 Å². The standard InChI is InChI=1S/C19H31NS/c1-4-20-19(17-8-6-5-7-9-17)14-21-18-12-10-16(11-13-18)15(2)3/h10-13,15,17,19-20H,4-9,14H2,1-3H3. The van der Waals surface area contributed by atoms with Crippen molar-refractivity contribution in [2.75, 3.05) is 12.3 Å². The highest BCUT2D eigenvalue weighted by Gasteiger charge is 2.22. The Labute approximate surface area is 135 Å². The zero-order chi connectivity index (χ0) is 15.1. The van der Waals surface area contributed by atoms with E-state index >= 15 is 0 Å². The molecule has 1 saturated carbocycles. The predicted molar refractivity (Wildman–Crippen MR) is 95.3 cm³/mol. The Morgan fingerprint density at radius 2 is 1.76 bits per heavy atom. The molecule has 1 aliphatic rings. The molecule has 1 nitrogen and oxygen atoms in total. The van der Waals surface area contributed by atoms with Crippen LogP contribution in [0, 0.1) is 5.92 Å². The Hall–Kier alpha value is -0.470. The van der Waals surface area contributed by atoms with E-state index in [1.54, 1.807) is 0 Å². The molecule has 0 spiro atoms. The van der Waals surface area contributed by atoms with Crippen LogP contribution in [0.1, 0.15) is 64.4 Å². The van der Waals surface area contributed by atoms with E-state index in [4.69, 9.17) is 0 Å². The number of hydrogen-bond acceptors (Lipinski definition) is 2. The second-order valence-corrected chi connectivity index (χ2v) is 7.69. The normalized spacial score (nSPS) is 18.1. The van der Waals surface area contributed by atoms with Gasteiger partial charge in [-0.05, 0) is 48.9 Å². The van der Waals surface area contributed by atoms with Crippen molar-refractivity contribution in [3.8, 4) is 0 Å². The Morgan fingerprint density at radius 3 is 2.33 bits per heavy atom. The maximum absolute atomic E-state index is 3.73. The van der Waals surface area contributed by atoms with Crippen LogP contribution in [0.25, 0.3) is 0 Å². The third-order valence-electron chi connectivity index (χ3n) is 4.66. The molecule has 1 fully saturated rings. The highest BCUT2D eigenvalue weighted by atomic mass is 32.2. The van der Waals surface area contributed by atoms with Crippen molar-refractivity contribution in [1.29, 1.82) is 0 Å². The van der Waals surface area contributed by atoms with Crippen molar-refractivity contribution in [2.45, 2.75) is 69.7 Å². The van der Waals surface area contributed by atoms with Gasteiger partial charge in [-0.25, -0.2) is 0 Å². The Kier molecular flexibility index (Phi) is 7.12. The van der Waals surface area contributed by atoms with Gasteiger partial charge >= 0.3 is 0 Å². The summed E-state index contributed by atoms with van der Waals surface area (Å²) in [5.41, 5.74) is 1.44. The minimum absolute atomic E-state index is 0.626. The van der Waals surface area contributed by atoms with E-state index in [9.17, 15) is 0 Å². The SMILES string of the molecule is CCNC(CSc1ccc(C(C)C)cc1)C1CCCCC1. The van der Waals surface area contributed by atoms with Gasteiger partial charge in [0, 0.05) is 16.7 Å². The zero-order valence-corrected chi connectivity index (χ0v) is 14.7. The van der Waals surface area contributed by atoms with Gasteiger partial charge in [0.2, 0.25) is 0 Å². The van der Waals surface area contributed by atoms with Gasteiger partial charge in [0.1, 0.15) is 0 Å². The summed E-state index contributed by atoms with van der Waals surface area (Å²) in [6.07, 6.45) is 7.15. The fourth-order valence-electron chi connectivity index (χ4n) is 3.30. The molecule has 1 aromatic rings. The molecule has 1 atom stereocenters. The summed E-state index contributed by atoms with van der Waals surface area (Å²) in [6, 6.07) is 9.85. The van der Waals surface area contributed by atoms with Gasteiger partial charge in [-0.3, -0.25) is 0 Å². The smallest absolute Gasteiger partial charge is 0.0189 e. The minimum Gasteiger partial charge on any atom is -0.313 e. The highest BCUT2D eigenvalue weighted by molar-refractivity contribution is 7.99. The quantitative estimate of drug-likeness (QED) is 0.671. The molecule has 21 heavy (non-hydrogen) atoms. The summed E-state index contributed by atoms with van der Waals surface area (Å²) in [5, 5.41) is 3.73. The Balaban J connectivity index is 1.88. The van der Waals surface area contributed by atoms with Crippen LogP contribution in [0.3, 0.4) is 0 Å². The number of nitrogens with one attached hydrogen (secondary N) is 1. The molecule has 0 aromatic heterocycles. The summed E-state index contributed by atoms with van der Waals surface area (Å²) < 4.78 is 0. The topological polar surface area (TPSA) is 12.0 Å². The molecule has 0 amide bonds. The van der Waals surface area contributed by atoms with E-state index in [2.05, 4.69) is 50.4 Å². The highest BCUT2D eigenvalue weighted by Crippen LogP contribution is 2.30. The van der Waals surface area contributed by atoms with Crippen LogP contribution in [-0.2, 0) is 0 Å². The van der Waals surface area contributed by atoms with Gasteiger partial charge in [-0.15, -0.1) is 11.8 Å². The maximum Gasteiger partial charge on any atom is 0.0189 e. The first-order valence-corrected chi connectivity index (χ1v) is 9.65. The van der Waals surface area contributed by atoms with Gasteiger partial charge < -0.3 is 5.32 Å². The van der Waals surface area contributed by atoms with Crippen molar-refractivity contribution in [1.82, 2.24) is 5.32 Å². The fraction of sp³-hybridized carbons (Fsp3) is 0.684. The van der Waals surface area contributed by atoms with Gasteiger partial charge in [0.05, 0.1) is 0 Å². The molecular weight excluding hydrogens is 274 g/mol. The van der Waals surface area contributed by atoms with Crippen molar-refractivity contribution in [3.63, 3.8) is 0 Å². The number of rotatable bonds is 7. The molecule has 2 rings (SSSR count). The molecule has 0 bridgehead atoms. The van der Waals surface area contributed by atoms with E-state index < -0.39 is 0 Å². The lowest BCUT2D eigenvalue weighted by Crippen LogP contribution is -2.39. The average Bonchev–Trinajstić information content (AvgIpc) is 2.52. The average molecular weight is 306 g/mol. The van der Waals surface area contributed by atoms with Crippen molar-refractivity contribution in [2.24, 2.45) is 5.92 Å². The lowest BCUT2D eigenvalue weighted by molar-refractivity contribution is 0.288. The lowest BCUT2D eigenvalue weighted by atomic mass is 9.84. The molecule has 0 saturated heterocycles. The van der Waals surface area contributed by atoms with Crippen LogP contribution in [-0.4, -0.2) is 18.3 Å². The molecule has 1 unspecified atom stereocenters. The number of hydrogen-bond donors (Lipinski definition) is 1. The van der Waals surface area contributed by atoms with Crippen LogP contribution in [0.2, 0.25) is 0 Å². The van der Waals surface area contributed by atoms with Crippen molar-refractivity contribution >= 4 is 11.8 Å². The maximum atomic E-state index is 3.73. The summed E-state index contributed by atoms with van der Waals surface area (Å²) in [4.78, 5) is 1.41. The molecule has 1 aromatic carbocycles. The van der Waals surface area contributed by atoms with E-state index in [1.807, 2.05) is 11.8 Å². The molecular formula is C19H31NS. The molecule has 0 aliphatic heterocycles. The molecule has 0 radical (unpaired) electrons. The molecule has 118 valence electrons. The Bertz CT molecular complexity index is 393. The van der Waals surface area contributed by atoms with Crippen LogP contribution < -0.4 is 5.32 Å². The van der Waals surface area contributed by atoms with Crippen molar-refractivity contribution in [3.05, 3.63) is 29.8 Å². The first-order chi connectivity index (χ1) is 10.2. The molecule has 1 N–H and O–H groups in total. The van der Waals surface area contributed by atoms with Crippen LogP contribution in [0.15, 0.2) is 29.2 Å². The third-order valence-corrected chi connectivity index (χ3v) is 5.79. The first kappa shape index (κ1) is 16.9. The zero-order valence-electron chi connectivity index (χ0n) is 13.9. The molecule has 0 heterocycles. The van der Waals surface area contributed by atoms with Gasteiger partial charge in [-0.2, -0.15) is 0 Å². The molecule has 1 aliphatic carbocycles. The molecule has 2 heteroatoms. The predicted octanol–water partition coefficient (Wildman–Crippen LogP) is 5.46. The van der Waals surface area contributed by atoms with Gasteiger partial charge in [0.15, 0.2) is 0 Å². The summed E-state index contributed by atoms with van der Waals surface area (Å²) in [5.74, 6) is 2.72. The second kappa shape index (κ2) is 8.85. The minimum atomic E-state index is 0.626. The van der Waals surface area contributed by atoms with Crippen LogP contribution in [0.4, 0.5) is 0 Å². The van der Waals surface area contributed by atoms with E-state index in [0.29, 0.717) is 12.0 Å². The summed E-state index contributed by atoms with van der Waals surface area (Å²) in [6.45, 7) is 7.84. The summed E-state index contributed by atoms with van der Waals surface area (Å²) >= 11 is 2.02. The lowest BCUT2D eigenvalue weighted by Gasteiger charge is -2.30. The fourth-order valence-corrected chi connectivity index (χ4v) is 4.39. The van der Waals surface area contributed by atoms with E-state index in [-0.39, 0.29) is 0 Å². The first-order valence-electron chi connectivity index (χ1n) is 8.66. The van der Waals surface area contributed by atoms with E-state index in [0.717, 1.165) is 12.5 Å². The van der Waals surface area contributed by atoms with Gasteiger partial charge in [-0.1, -0.05) is 52.2 Å². The number of thioether (sulfide) groups is 1. The van der Waals surface area contributed by atoms with Gasteiger partial charge in [0.25, 0.3) is 0 Å². The number of benzene rings is 1. The van der Waals surface area contributed by atoms with Crippen LogP contribution in [0.5, 0.6) is 0 Å². The van der Waals surface area contributed by atoms with E-state index in [1.165, 1.54) is 48.3 Å². The monoisotopic (exact) mass is 305 g/mol. The van der Waals surface area contributed by atoms with Crippen molar-refractivity contribution < 1.29 is 0 Å². The second-order valence-electron chi connectivity index (χ2n) is 6.60.